The molecule has 1 heterocycles. The first kappa shape index (κ1) is 8.95. The van der Waals surface area contributed by atoms with E-state index >= 15 is 0 Å². The largest absolute Gasteiger partial charge is 0.239 e. The van der Waals surface area contributed by atoms with Gasteiger partial charge in [-0.25, -0.2) is 9.97 Å². The first-order chi connectivity index (χ1) is 6.31. The van der Waals surface area contributed by atoms with Crippen molar-refractivity contribution in [3.8, 4) is 0 Å². The van der Waals surface area contributed by atoms with E-state index in [9.17, 15) is 0 Å². The van der Waals surface area contributed by atoms with Crippen molar-refractivity contribution in [1.82, 2.24) is 9.97 Å². The average Bonchev–Trinajstić information content (AvgIpc) is 2.20. The molecule has 3 heteroatoms. The van der Waals surface area contributed by atoms with Crippen molar-refractivity contribution in [3.63, 3.8) is 0 Å². The van der Waals surface area contributed by atoms with Crippen LogP contribution in [0.3, 0.4) is 0 Å². The fraction of sp³-hybridized carbons (Fsp3) is 0.600. The molecule has 0 spiro atoms. The molecule has 2 rings (SSSR count). The molecule has 0 amide bonds. The van der Waals surface area contributed by atoms with Crippen LogP contribution in [0.2, 0.25) is 0 Å². The van der Waals surface area contributed by atoms with E-state index in [1.54, 1.807) is 12.4 Å². The molecule has 0 N–H and O–H groups in total. The Balaban J connectivity index is 2.23. The normalized spacial score (nSPS) is 21.3. The Morgan fingerprint density at radius 3 is 2.31 bits per heavy atom. The SMILES string of the molecule is ClC1(c2ncccn2)CCCCC1. The van der Waals surface area contributed by atoms with Crippen LogP contribution >= 0.6 is 11.6 Å². The Morgan fingerprint density at radius 1 is 1.08 bits per heavy atom. The Morgan fingerprint density at radius 2 is 1.69 bits per heavy atom. The summed E-state index contributed by atoms with van der Waals surface area (Å²) in [6.07, 6.45) is 9.24. The monoisotopic (exact) mass is 196 g/mol. The van der Waals surface area contributed by atoms with Crippen molar-refractivity contribution in [2.24, 2.45) is 0 Å². The number of halogens is 1. The minimum atomic E-state index is -0.278. The Kier molecular flexibility index (Phi) is 2.49. The van der Waals surface area contributed by atoms with Crippen LogP contribution < -0.4 is 0 Å². The highest BCUT2D eigenvalue weighted by Crippen LogP contribution is 2.40. The first-order valence-electron chi connectivity index (χ1n) is 4.78. The molecule has 1 aliphatic rings. The number of rotatable bonds is 1. The van der Waals surface area contributed by atoms with Gasteiger partial charge >= 0.3 is 0 Å². The Bertz CT molecular complexity index is 268. The molecule has 0 aliphatic heterocycles. The average molecular weight is 197 g/mol. The van der Waals surface area contributed by atoms with Gasteiger partial charge in [-0.1, -0.05) is 19.3 Å². The minimum absolute atomic E-state index is 0.278. The third-order valence-corrected chi connectivity index (χ3v) is 3.16. The van der Waals surface area contributed by atoms with Gasteiger partial charge < -0.3 is 0 Å². The molecular formula is C10H13ClN2. The summed E-state index contributed by atoms with van der Waals surface area (Å²) >= 11 is 6.48. The van der Waals surface area contributed by atoms with Gasteiger partial charge in [0.2, 0.25) is 0 Å². The number of hydrogen-bond donors (Lipinski definition) is 0. The number of aromatic nitrogens is 2. The number of alkyl halides is 1. The van der Waals surface area contributed by atoms with Crippen LogP contribution in [0.5, 0.6) is 0 Å². The Hall–Kier alpha value is -0.630. The topological polar surface area (TPSA) is 25.8 Å². The molecule has 0 bridgehead atoms. The number of nitrogens with zero attached hydrogens (tertiary/aromatic N) is 2. The van der Waals surface area contributed by atoms with Crippen LogP contribution in [-0.2, 0) is 4.87 Å². The summed E-state index contributed by atoms with van der Waals surface area (Å²) in [6, 6.07) is 1.83. The minimum Gasteiger partial charge on any atom is -0.239 e. The van der Waals surface area contributed by atoms with Crippen molar-refractivity contribution in [2.75, 3.05) is 0 Å². The highest BCUT2D eigenvalue weighted by Gasteiger charge is 2.33. The van der Waals surface area contributed by atoms with Crippen molar-refractivity contribution >= 4 is 11.6 Å². The fourth-order valence-electron chi connectivity index (χ4n) is 1.87. The van der Waals surface area contributed by atoms with E-state index in [1.807, 2.05) is 6.07 Å². The molecule has 70 valence electrons. The summed E-state index contributed by atoms with van der Waals surface area (Å²) in [7, 11) is 0. The molecule has 1 aliphatic carbocycles. The number of hydrogen-bond acceptors (Lipinski definition) is 2. The van der Waals surface area contributed by atoms with Gasteiger partial charge in [0.1, 0.15) is 10.7 Å². The van der Waals surface area contributed by atoms with Crippen LogP contribution in [0, 0.1) is 0 Å². The van der Waals surface area contributed by atoms with Gasteiger partial charge in [0.25, 0.3) is 0 Å². The molecule has 1 saturated carbocycles. The maximum Gasteiger partial charge on any atom is 0.149 e. The highest BCUT2D eigenvalue weighted by atomic mass is 35.5. The zero-order valence-corrected chi connectivity index (χ0v) is 8.30. The predicted molar refractivity (Wildman–Crippen MR) is 52.6 cm³/mol. The molecule has 0 aromatic carbocycles. The maximum absolute atomic E-state index is 6.48. The summed E-state index contributed by atoms with van der Waals surface area (Å²) in [5.41, 5.74) is 0. The lowest BCUT2D eigenvalue weighted by molar-refractivity contribution is 0.383. The quantitative estimate of drug-likeness (QED) is 0.646. The van der Waals surface area contributed by atoms with Gasteiger partial charge in [0, 0.05) is 12.4 Å². The third-order valence-electron chi connectivity index (χ3n) is 2.61. The summed E-state index contributed by atoms with van der Waals surface area (Å²) < 4.78 is 0. The molecular weight excluding hydrogens is 184 g/mol. The zero-order valence-electron chi connectivity index (χ0n) is 7.54. The molecule has 0 unspecified atom stereocenters. The van der Waals surface area contributed by atoms with E-state index in [0.717, 1.165) is 18.7 Å². The van der Waals surface area contributed by atoms with E-state index in [2.05, 4.69) is 9.97 Å². The van der Waals surface area contributed by atoms with E-state index in [0.29, 0.717) is 0 Å². The summed E-state index contributed by atoms with van der Waals surface area (Å²) in [5.74, 6) is 0.802. The van der Waals surface area contributed by atoms with Gasteiger partial charge in [0.05, 0.1) is 0 Å². The molecule has 0 saturated heterocycles. The van der Waals surface area contributed by atoms with E-state index in [1.165, 1.54) is 19.3 Å². The van der Waals surface area contributed by atoms with E-state index in [-0.39, 0.29) is 4.87 Å². The van der Waals surface area contributed by atoms with Crippen LogP contribution in [-0.4, -0.2) is 9.97 Å². The second-order valence-electron chi connectivity index (χ2n) is 3.60. The summed E-state index contributed by atoms with van der Waals surface area (Å²) in [6.45, 7) is 0. The molecule has 0 atom stereocenters. The van der Waals surface area contributed by atoms with E-state index < -0.39 is 0 Å². The molecule has 1 aromatic rings. The van der Waals surface area contributed by atoms with Crippen LogP contribution in [0.25, 0.3) is 0 Å². The lowest BCUT2D eigenvalue weighted by atomic mass is 9.88. The predicted octanol–water partition coefficient (Wildman–Crippen LogP) is 2.87. The Labute approximate surface area is 83.4 Å². The molecule has 2 nitrogen and oxygen atoms in total. The smallest absolute Gasteiger partial charge is 0.149 e. The lowest BCUT2D eigenvalue weighted by Gasteiger charge is -2.29. The van der Waals surface area contributed by atoms with Crippen LogP contribution in [0.15, 0.2) is 18.5 Å². The molecule has 1 aromatic heterocycles. The highest BCUT2D eigenvalue weighted by molar-refractivity contribution is 6.23. The second-order valence-corrected chi connectivity index (χ2v) is 4.32. The molecule has 1 fully saturated rings. The summed E-state index contributed by atoms with van der Waals surface area (Å²) in [4.78, 5) is 8.18. The summed E-state index contributed by atoms with van der Waals surface area (Å²) in [5, 5.41) is 0. The first-order valence-corrected chi connectivity index (χ1v) is 5.15. The fourth-order valence-corrected chi connectivity index (χ4v) is 2.23. The lowest BCUT2D eigenvalue weighted by Crippen LogP contribution is -2.24. The van der Waals surface area contributed by atoms with Crippen molar-refractivity contribution in [2.45, 2.75) is 37.0 Å². The second kappa shape index (κ2) is 3.62. The van der Waals surface area contributed by atoms with Gasteiger partial charge in [-0.2, -0.15) is 0 Å². The van der Waals surface area contributed by atoms with Crippen LogP contribution in [0.1, 0.15) is 37.9 Å². The van der Waals surface area contributed by atoms with Crippen molar-refractivity contribution in [1.29, 1.82) is 0 Å². The van der Waals surface area contributed by atoms with Gasteiger partial charge in [-0.05, 0) is 18.9 Å². The van der Waals surface area contributed by atoms with Gasteiger partial charge in [0.15, 0.2) is 0 Å². The van der Waals surface area contributed by atoms with E-state index in [4.69, 9.17) is 11.6 Å². The standard InChI is InChI=1S/C10H13ClN2/c11-10(5-2-1-3-6-10)9-12-7-4-8-13-9/h4,7-8H,1-3,5-6H2. The van der Waals surface area contributed by atoms with Gasteiger partial charge in [-0.15, -0.1) is 11.6 Å². The molecule has 13 heavy (non-hydrogen) atoms. The van der Waals surface area contributed by atoms with Crippen molar-refractivity contribution < 1.29 is 0 Å². The zero-order chi connectivity index (χ0) is 9.15. The van der Waals surface area contributed by atoms with Crippen molar-refractivity contribution in [3.05, 3.63) is 24.3 Å². The maximum atomic E-state index is 6.48. The van der Waals surface area contributed by atoms with Gasteiger partial charge in [-0.3, -0.25) is 0 Å². The van der Waals surface area contributed by atoms with Crippen LogP contribution in [0.4, 0.5) is 0 Å². The third kappa shape index (κ3) is 1.83. The molecule has 0 radical (unpaired) electrons.